The molecule has 0 spiro atoms. The fraction of sp³-hybridized carbons (Fsp3) is 0.353. The number of pyridine rings is 1. The van der Waals surface area contributed by atoms with Gasteiger partial charge in [0.2, 0.25) is 0 Å². The van der Waals surface area contributed by atoms with Crippen LogP contribution in [0.1, 0.15) is 34.9 Å². The van der Waals surface area contributed by atoms with E-state index in [1.807, 2.05) is 6.07 Å². The second-order valence-corrected chi connectivity index (χ2v) is 6.21. The van der Waals surface area contributed by atoms with Crippen molar-refractivity contribution >= 4 is 11.6 Å². The van der Waals surface area contributed by atoms with Crippen LogP contribution < -0.4 is 10.9 Å². The number of nitrogens with one attached hydrogen (secondary N) is 2. The van der Waals surface area contributed by atoms with Crippen LogP contribution in [0, 0.1) is 5.82 Å². The van der Waals surface area contributed by atoms with Crippen molar-refractivity contribution in [3.8, 4) is 0 Å². The van der Waals surface area contributed by atoms with Crippen LogP contribution in [-0.2, 0) is 19.4 Å². The molecule has 1 aromatic heterocycles. The minimum atomic E-state index is -0.865. The van der Waals surface area contributed by atoms with Gasteiger partial charge in [0, 0.05) is 24.3 Å². The first-order valence-corrected chi connectivity index (χ1v) is 8.00. The summed E-state index contributed by atoms with van der Waals surface area (Å²) in [4.78, 5) is 14.9. The normalized spacial score (nSPS) is 14.7. The van der Waals surface area contributed by atoms with Gasteiger partial charge in [-0.15, -0.1) is 0 Å². The maximum absolute atomic E-state index is 13.4. The summed E-state index contributed by atoms with van der Waals surface area (Å²) < 4.78 is 13.4. The van der Waals surface area contributed by atoms with Crippen LogP contribution in [-0.4, -0.2) is 16.6 Å². The summed E-state index contributed by atoms with van der Waals surface area (Å²) in [5.74, 6) is -0.557. The summed E-state index contributed by atoms with van der Waals surface area (Å²) in [6.45, 7) is 0.577. The summed E-state index contributed by atoms with van der Waals surface area (Å²) in [6.07, 6.45) is 2.13. The van der Waals surface area contributed by atoms with E-state index in [1.54, 1.807) is 6.07 Å². The molecule has 4 nitrogen and oxygen atoms in total. The third-order valence-corrected chi connectivity index (χ3v) is 4.45. The largest absolute Gasteiger partial charge is 0.387 e. The zero-order chi connectivity index (χ0) is 16.4. The number of benzene rings is 1. The van der Waals surface area contributed by atoms with Gasteiger partial charge in [-0.1, -0.05) is 17.7 Å². The molecule has 0 aliphatic heterocycles. The highest BCUT2D eigenvalue weighted by Gasteiger charge is 2.14. The van der Waals surface area contributed by atoms with Crippen LogP contribution in [0.3, 0.4) is 0 Å². The Kier molecular flexibility index (Phi) is 4.80. The number of H-pyrrole nitrogens is 1. The fourth-order valence-electron chi connectivity index (χ4n) is 2.87. The van der Waals surface area contributed by atoms with Crippen LogP contribution in [0.25, 0.3) is 0 Å². The van der Waals surface area contributed by atoms with E-state index in [-0.39, 0.29) is 17.1 Å². The maximum atomic E-state index is 13.4. The second kappa shape index (κ2) is 6.83. The summed E-state index contributed by atoms with van der Waals surface area (Å²) in [6, 6.07) is 6.15. The monoisotopic (exact) mass is 336 g/mol. The Morgan fingerprint density at radius 3 is 2.96 bits per heavy atom. The van der Waals surface area contributed by atoms with E-state index in [0.717, 1.165) is 25.0 Å². The van der Waals surface area contributed by atoms with Crippen molar-refractivity contribution in [2.45, 2.75) is 31.9 Å². The predicted molar refractivity (Wildman–Crippen MR) is 87.2 cm³/mol. The van der Waals surface area contributed by atoms with E-state index >= 15 is 0 Å². The lowest BCUT2D eigenvalue weighted by atomic mass is 10.1. The number of hydrogen-bond donors (Lipinski definition) is 3. The molecular formula is C17H18ClFN2O2. The van der Waals surface area contributed by atoms with Crippen LogP contribution in [0.5, 0.6) is 0 Å². The number of aliphatic hydroxyl groups is 1. The standard InChI is InChI=1S/C17H18ClFN2O2/c18-13-5-4-11(7-14(13)19)16(22)9-20-8-12-6-10-2-1-3-15(10)21-17(12)23/h4-7,16,20,22H,1-3,8-9H2,(H,21,23). The van der Waals surface area contributed by atoms with Gasteiger partial charge in [-0.25, -0.2) is 4.39 Å². The Balaban J connectivity index is 1.61. The molecule has 0 fully saturated rings. The third kappa shape index (κ3) is 3.63. The molecular weight excluding hydrogens is 319 g/mol. The number of aromatic amines is 1. The van der Waals surface area contributed by atoms with E-state index in [9.17, 15) is 14.3 Å². The summed E-state index contributed by atoms with van der Waals surface area (Å²) in [7, 11) is 0. The zero-order valence-corrected chi connectivity index (χ0v) is 13.3. The predicted octanol–water partition coefficient (Wildman–Crippen LogP) is 2.48. The number of aromatic nitrogens is 1. The van der Waals surface area contributed by atoms with Gasteiger partial charge >= 0.3 is 0 Å². The zero-order valence-electron chi connectivity index (χ0n) is 12.5. The highest BCUT2D eigenvalue weighted by molar-refractivity contribution is 6.30. The van der Waals surface area contributed by atoms with Crippen molar-refractivity contribution in [1.29, 1.82) is 0 Å². The van der Waals surface area contributed by atoms with Gasteiger partial charge in [-0.2, -0.15) is 0 Å². The summed E-state index contributed by atoms with van der Waals surface area (Å²) >= 11 is 5.62. The molecule has 1 aliphatic carbocycles. The number of rotatable bonds is 5. The summed E-state index contributed by atoms with van der Waals surface area (Å²) in [5, 5.41) is 13.1. The Bertz CT molecular complexity index is 776. The minimum Gasteiger partial charge on any atom is -0.387 e. The molecule has 1 heterocycles. The Morgan fingerprint density at radius 2 is 2.17 bits per heavy atom. The van der Waals surface area contributed by atoms with Gasteiger partial charge in [0.05, 0.1) is 11.1 Å². The molecule has 1 aromatic carbocycles. The molecule has 1 aliphatic rings. The van der Waals surface area contributed by atoms with Crippen LogP contribution in [0.2, 0.25) is 5.02 Å². The van der Waals surface area contributed by atoms with Gasteiger partial charge in [0.25, 0.3) is 5.56 Å². The third-order valence-electron chi connectivity index (χ3n) is 4.15. The molecule has 3 rings (SSSR count). The number of aliphatic hydroxyl groups excluding tert-OH is 1. The molecule has 0 saturated carbocycles. The van der Waals surface area contributed by atoms with Gasteiger partial charge in [-0.3, -0.25) is 4.79 Å². The number of aryl methyl sites for hydroxylation is 2. The lowest BCUT2D eigenvalue weighted by Crippen LogP contribution is -2.25. The highest BCUT2D eigenvalue weighted by Crippen LogP contribution is 2.20. The molecule has 1 atom stereocenters. The first kappa shape index (κ1) is 16.2. The van der Waals surface area contributed by atoms with Crippen LogP contribution in [0.15, 0.2) is 29.1 Å². The van der Waals surface area contributed by atoms with E-state index in [2.05, 4.69) is 10.3 Å². The Hall–Kier alpha value is -1.69. The molecule has 2 aromatic rings. The molecule has 3 N–H and O–H groups in total. The molecule has 0 amide bonds. The number of halogens is 2. The van der Waals surface area contributed by atoms with Crippen LogP contribution >= 0.6 is 11.6 Å². The van der Waals surface area contributed by atoms with E-state index in [1.165, 1.54) is 17.7 Å². The lowest BCUT2D eigenvalue weighted by Gasteiger charge is -2.13. The highest BCUT2D eigenvalue weighted by atomic mass is 35.5. The average Bonchev–Trinajstić information content (AvgIpc) is 2.97. The first-order valence-electron chi connectivity index (χ1n) is 7.62. The van der Waals surface area contributed by atoms with Crippen molar-refractivity contribution in [1.82, 2.24) is 10.3 Å². The molecule has 0 saturated heterocycles. The lowest BCUT2D eigenvalue weighted by molar-refractivity contribution is 0.174. The van der Waals surface area contributed by atoms with Crippen molar-refractivity contribution in [2.75, 3.05) is 6.54 Å². The Morgan fingerprint density at radius 1 is 1.35 bits per heavy atom. The van der Waals surface area contributed by atoms with Crippen molar-refractivity contribution < 1.29 is 9.50 Å². The Labute approximate surface area is 138 Å². The van der Waals surface area contributed by atoms with E-state index in [0.29, 0.717) is 17.7 Å². The molecule has 122 valence electrons. The fourth-order valence-corrected chi connectivity index (χ4v) is 2.99. The molecule has 0 bridgehead atoms. The first-order chi connectivity index (χ1) is 11.0. The van der Waals surface area contributed by atoms with Crippen molar-refractivity contribution in [3.63, 3.8) is 0 Å². The van der Waals surface area contributed by atoms with Gasteiger partial charge in [0.1, 0.15) is 5.82 Å². The summed E-state index contributed by atoms with van der Waals surface area (Å²) in [5.41, 5.74) is 3.24. The van der Waals surface area contributed by atoms with Gasteiger partial charge in [0.15, 0.2) is 0 Å². The SMILES string of the molecule is O=c1[nH]c2c(cc1CNCC(O)c1ccc(Cl)c(F)c1)CCC2. The average molecular weight is 337 g/mol. The molecule has 0 radical (unpaired) electrons. The van der Waals surface area contributed by atoms with E-state index < -0.39 is 11.9 Å². The van der Waals surface area contributed by atoms with Gasteiger partial charge in [-0.05, 0) is 48.6 Å². The topological polar surface area (TPSA) is 65.1 Å². The smallest absolute Gasteiger partial charge is 0.252 e. The van der Waals surface area contributed by atoms with E-state index in [4.69, 9.17) is 11.6 Å². The maximum Gasteiger partial charge on any atom is 0.252 e. The number of hydrogen-bond acceptors (Lipinski definition) is 3. The van der Waals surface area contributed by atoms with Crippen molar-refractivity contribution in [2.24, 2.45) is 0 Å². The second-order valence-electron chi connectivity index (χ2n) is 5.80. The quantitative estimate of drug-likeness (QED) is 0.786. The molecule has 23 heavy (non-hydrogen) atoms. The van der Waals surface area contributed by atoms with Gasteiger partial charge < -0.3 is 15.4 Å². The van der Waals surface area contributed by atoms with Crippen molar-refractivity contribution in [3.05, 3.63) is 67.8 Å². The number of fused-ring (bicyclic) bond motifs is 1. The molecule has 1 unspecified atom stereocenters. The molecule has 6 heteroatoms. The minimum absolute atomic E-state index is 0.0265. The van der Waals surface area contributed by atoms with Crippen LogP contribution in [0.4, 0.5) is 4.39 Å².